The molecule has 0 aromatic heterocycles. The third kappa shape index (κ3) is 23.0. The fourth-order valence-electron chi connectivity index (χ4n) is 8.95. The zero-order chi connectivity index (χ0) is 54.0. The highest BCUT2D eigenvalue weighted by molar-refractivity contribution is 5.93. The molecule has 0 aliphatic heterocycles. The molecule has 0 fully saturated rings. The van der Waals surface area contributed by atoms with Gasteiger partial charge in [0.15, 0.2) is 0 Å². The first-order valence-corrected chi connectivity index (χ1v) is 28.8. The lowest BCUT2D eigenvalue weighted by Crippen LogP contribution is -2.10. The van der Waals surface area contributed by atoms with Crippen molar-refractivity contribution >= 4 is 29.3 Å². The molecule has 0 aliphatic carbocycles. The zero-order valence-corrected chi connectivity index (χ0v) is 45.9. The van der Waals surface area contributed by atoms with Gasteiger partial charge in [0, 0.05) is 0 Å². The van der Waals surface area contributed by atoms with Crippen molar-refractivity contribution in [2.24, 2.45) is 10.2 Å². The van der Waals surface area contributed by atoms with Crippen LogP contribution in [0.4, 0.5) is 11.4 Å². The summed E-state index contributed by atoms with van der Waals surface area (Å²) in [5, 5.41) is 8.68. The Morgan fingerprint density at radius 1 is 0.312 bits per heavy atom. The lowest BCUT2D eigenvalue weighted by molar-refractivity contribution is 0.0723. The summed E-state index contributed by atoms with van der Waals surface area (Å²) in [6, 6.07) is 41.7. The molecule has 0 radical (unpaired) electrons. The van der Waals surface area contributed by atoms with E-state index in [1.807, 2.05) is 42.5 Å². The molecule has 0 saturated carbocycles. The molecule has 0 spiro atoms. The predicted molar refractivity (Wildman–Crippen MR) is 310 cm³/mol. The SMILES string of the molecule is CCCCCCCCCCCCCCOc1ccc(N=Nc2ccc(C(=O)Oc3ccc(-c4cccc(OC(=O)c5ccc(OC(=O)c6ccc(OCCCCCCCCCCCCCC)cc6)cc5)c4)cc3)cc2)cc1. The molecular weight excluding hydrogens is 961 g/mol. The Hall–Kier alpha value is -7.07. The molecule has 77 heavy (non-hydrogen) atoms. The van der Waals surface area contributed by atoms with Gasteiger partial charge in [-0.25, -0.2) is 14.4 Å². The van der Waals surface area contributed by atoms with E-state index in [2.05, 4.69) is 24.1 Å². The Morgan fingerprint density at radius 2 is 0.623 bits per heavy atom. The Kier molecular flexibility index (Phi) is 27.1. The quantitative estimate of drug-likeness (QED) is 0.0164. The van der Waals surface area contributed by atoms with E-state index in [0.717, 1.165) is 41.9 Å². The fourth-order valence-corrected chi connectivity index (χ4v) is 8.95. The van der Waals surface area contributed by atoms with Crippen molar-refractivity contribution in [2.75, 3.05) is 13.2 Å². The minimum absolute atomic E-state index is 0.293. The maximum absolute atomic E-state index is 13.1. The third-order valence-electron chi connectivity index (χ3n) is 13.6. The number of hydrogen-bond donors (Lipinski definition) is 0. The van der Waals surface area contributed by atoms with Gasteiger partial charge < -0.3 is 23.7 Å². The highest BCUT2D eigenvalue weighted by Gasteiger charge is 2.14. The molecule has 0 bridgehead atoms. The van der Waals surface area contributed by atoms with Gasteiger partial charge in [0.1, 0.15) is 28.7 Å². The smallest absolute Gasteiger partial charge is 0.343 e. The van der Waals surface area contributed by atoms with E-state index in [9.17, 15) is 14.4 Å². The molecule has 0 aliphatic rings. The maximum atomic E-state index is 13.1. The lowest BCUT2D eigenvalue weighted by atomic mass is 10.1. The van der Waals surface area contributed by atoms with Crippen LogP contribution in [0.15, 0.2) is 156 Å². The minimum Gasteiger partial charge on any atom is -0.494 e. The second-order valence-corrected chi connectivity index (χ2v) is 20.0. The van der Waals surface area contributed by atoms with E-state index in [4.69, 9.17) is 23.7 Å². The fraction of sp³-hybridized carbons (Fsp3) is 0.418. The van der Waals surface area contributed by atoms with Gasteiger partial charge >= 0.3 is 17.9 Å². The van der Waals surface area contributed by atoms with Gasteiger partial charge in [-0.1, -0.05) is 179 Å². The molecule has 0 saturated heterocycles. The van der Waals surface area contributed by atoms with E-state index in [-0.39, 0.29) is 0 Å². The summed E-state index contributed by atoms with van der Waals surface area (Å²) in [4.78, 5) is 39.0. The van der Waals surface area contributed by atoms with Crippen molar-refractivity contribution in [1.29, 1.82) is 0 Å². The lowest BCUT2D eigenvalue weighted by Gasteiger charge is -2.09. The third-order valence-corrected chi connectivity index (χ3v) is 13.6. The zero-order valence-electron chi connectivity index (χ0n) is 45.9. The van der Waals surface area contributed by atoms with Crippen LogP contribution in [0.25, 0.3) is 11.1 Å². The Balaban J connectivity index is 0.849. The van der Waals surface area contributed by atoms with Crippen molar-refractivity contribution < 1.29 is 38.1 Å². The van der Waals surface area contributed by atoms with Crippen LogP contribution < -0.4 is 23.7 Å². The number of nitrogens with zero attached hydrogens (tertiary/aromatic N) is 2. The number of hydrogen-bond acceptors (Lipinski definition) is 10. The van der Waals surface area contributed by atoms with Crippen LogP contribution in [0.3, 0.4) is 0 Å². The van der Waals surface area contributed by atoms with Crippen molar-refractivity contribution in [1.82, 2.24) is 0 Å². The Bertz CT molecular complexity index is 2630. The van der Waals surface area contributed by atoms with E-state index < -0.39 is 17.9 Å². The number of ether oxygens (including phenoxy) is 5. The largest absolute Gasteiger partial charge is 0.494 e. The number of esters is 3. The highest BCUT2D eigenvalue weighted by atomic mass is 16.5. The summed E-state index contributed by atoms with van der Waals surface area (Å²) in [5.41, 5.74) is 4.00. The first-order valence-electron chi connectivity index (χ1n) is 28.8. The summed E-state index contributed by atoms with van der Waals surface area (Å²) in [7, 11) is 0. The normalized spacial score (nSPS) is 11.1. The number of rotatable bonds is 37. The molecule has 6 aromatic carbocycles. The summed E-state index contributed by atoms with van der Waals surface area (Å²) in [5.74, 6) is 0.998. The standard InChI is InChI=1S/C67H82N2O8/c1-3-5-7-9-11-13-15-17-19-21-23-25-50-73-60-42-34-55(35-43-60)66(71)76-63-46-36-56(37-47-63)67(72)77-64-29-27-28-57(52-64)53-32-44-62(45-33-53)75-65(70)54-30-38-58(39-31-54)68-69-59-40-48-61(49-41-59)74-51-26-24-22-20-18-16-14-12-10-8-6-4-2/h27-49,52H,3-26,50-51H2,1-2H3. The van der Waals surface area contributed by atoms with Crippen LogP contribution in [0.1, 0.15) is 199 Å². The molecule has 0 unspecified atom stereocenters. The average molecular weight is 1040 g/mol. The molecule has 0 heterocycles. The summed E-state index contributed by atoms with van der Waals surface area (Å²) in [6.07, 6.45) is 31.3. The average Bonchev–Trinajstić information content (AvgIpc) is 3.46. The highest BCUT2D eigenvalue weighted by Crippen LogP contribution is 2.28. The van der Waals surface area contributed by atoms with Crippen LogP contribution in [-0.4, -0.2) is 31.1 Å². The van der Waals surface area contributed by atoms with Gasteiger partial charge in [0.2, 0.25) is 0 Å². The monoisotopic (exact) mass is 1040 g/mol. The predicted octanol–water partition coefficient (Wildman–Crippen LogP) is 19.6. The van der Waals surface area contributed by atoms with Crippen LogP contribution in [0, 0.1) is 0 Å². The van der Waals surface area contributed by atoms with Gasteiger partial charge in [0.25, 0.3) is 0 Å². The second-order valence-electron chi connectivity index (χ2n) is 20.0. The van der Waals surface area contributed by atoms with Crippen LogP contribution in [0.5, 0.6) is 28.7 Å². The van der Waals surface area contributed by atoms with E-state index in [1.54, 1.807) is 103 Å². The molecule has 0 atom stereocenters. The molecule has 10 heteroatoms. The summed E-state index contributed by atoms with van der Waals surface area (Å²) in [6.45, 7) is 5.89. The van der Waals surface area contributed by atoms with Crippen molar-refractivity contribution in [3.63, 3.8) is 0 Å². The number of unbranched alkanes of at least 4 members (excludes halogenated alkanes) is 22. The van der Waals surface area contributed by atoms with Gasteiger partial charge in [-0.3, -0.25) is 0 Å². The van der Waals surface area contributed by atoms with E-state index in [0.29, 0.717) is 58.5 Å². The molecule has 6 rings (SSSR count). The number of carbonyl (C=O) groups excluding carboxylic acids is 3. The number of carbonyl (C=O) groups is 3. The summed E-state index contributed by atoms with van der Waals surface area (Å²) < 4.78 is 28.8. The number of benzene rings is 6. The van der Waals surface area contributed by atoms with Crippen molar-refractivity contribution in [2.45, 2.75) is 168 Å². The molecule has 0 amide bonds. The van der Waals surface area contributed by atoms with Crippen molar-refractivity contribution in [3.05, 3.63) is 162 Å². The Labute approximate surface area is 459 Å². The topological polar surface area (TPSA) is 122 Å². The minimum atomic E-state index is -0.562. The molecular formula is C67H82N2O8. The molecule has 408 valence electrons. The molecule has 10 nitrogen and oxygen atoms in total. The van der Waals surface area contributed by atoms with E-state index in [1.165, 1.54) is 135 Å². The summed E-state index contributed by atoms with van der Waals surface area (Å²) >= 11 is 0. The van der Waals surface area contributed by atoms with Crippen LogP contribution in [0.2, 0.25) is 0 Å². The maximum Gasteiger partial charge on any atom is 0.343 e. The van der Waals surface area contributed by atoms with Crippen LogP contribution >= 0.6 is 0 Å². The first-order chi connectivity index (χ1) is 37.9. The van der Waals surface area contributed by atoms with Crippen molar-refractivity contribution in [3.8, 4) is 39.9 Å². The van der Waals surface area contributed by atoms with E-state index >= 15 is 0 Å². The van der Waals surface area contributed by atoms with Gasteiger partial charge in [0.05, 0.1) is 41.3 Å². The first kappa shape index (κ1) is 59.2. The number of azo groups is 1. The molecule has 6 aromatic rings. The molecule has 0 N–H and O–H groups in total. The van der Waals surface area contributed by atoms with Crippen LogP contribution in [-0.2, 0) is 0 Å². The Morgan fingerprint density at radius 3 is 1.03 bits per heavy atom. The van der Waals surface area contributed by atoms with Gasteiger partial charge in [-0.15, -0.1) is 0 Å². The van der Waals surface area contributed by atoms with Gasteiger partial charge in [-0.05, 0) is 145 Å². The van der Waals surface area contributed by atoms with Gasteiger partial charge in [-0.2, -0.15) is 10.2 Å². The second kappa shape index (κ2) is 35.3.